The molecule has 0 amide bonds. The molecule has 3 rings (SSSR count). The third-order valence-corrected chi connectivity index (χ3v) is 5.19. The number of halogens is 2. The largest absolute Gasteiger partial charge is 0.493 e. The van der Waals surface area contributed by atoms with Crippen LogP contribution in [0.3, 0.4) is 0 Å². The summed E-state index contributed by atoms with van der Waals surface area (Å²) >= 11 is 9.84. The normalized spacial score (nSPS) is 14.7. The predicted molar refractivity (Wildman–Crippen MR) is 90.2 cm³/mol. The second kappa shape index (κ2) is 5.99. The zero-order valence-corrected chi connectivity index (χ0v) is 14.2. The van der Waals surface area contributed by atoms with Crippen LogP contribution in [0.1, 0.15) is 28.3 Å². The van der Waals surface area contributed by atoms with Gasteiger partial charge < -0.3 is 10.5 Å². The molecule has 0 spiro atoms. The second-order valence-corrected chi connectivity index (χ2v) is 6.67. The first kappa shape index (κ1) is 14.9. The van der Waals surface area contributed by atoms with Crippen molar-refractivity contribution in [2.45, 2.75) is 25.8 Å². The van der Waals surface area contributed by atoms with Gasteiger partial charge in [0.25, 0.3) is 0 Å². The maximum atomic E-state index is 6.41. The smallest absolute Gasteiger partial charge is 0.125 e. The Morgan fingerprint density at radius 3 is 3.00 bits per heavy atom. The van der Waals surface area contributed by atoms with Gasteiger partial charge in [-0.1, -0.05) is 45.7 Å². The van der Waals surface area contributed by atoms with Crippen LogP contribution in [0.15, 0.2) is 34.8 Å². The van der Waals surface area contributed by atoms with Gasteiger partial charge >= 0.3 is 0 Å². The van der Waals surface area contributed by atoms with Crippen molar-refractivity contribution in [1.29, 1.82) is 0 Å². The van der Waals surface area contributed by atoms with Gasteiger partial charge in [-0.05, 0) is 47.7 Å². The summed E-state index contributed by atoms with van der Waals surface area (Å²) in [6.07, 6.45) is 1.64. The van der Waals surface area contributed by atoms with Crippen molar-refractivity contribution in [2.24, 2.45) is 5.73 Å². The van der Waals surface area contributed by atoms with Crippen molar-refractivity contribution in [3.8, 4) is 5.75 Å². The fourth-order valence-corrected chi connectivity index (χ4v) is 3.62. The van der Waals surface area contributed by atoms with Crippen LogP contribution in [0.4, 0.5) is 0 Å². The van der Waals surface area contributed by atoms with Crippen LogP contribution in [0.5, 0.6) is 5.75 Å². The number of nitrogens with two attached hydrogens (primary N) is 1. The molecule has 2 N–H and O–H groups in total. The molecular formula is C17H17BrClNO. The van der Waals surface area contributed by atoms with Gasteiger partial charge in [-0.15, -0.1) is 0 Å². The second-order valence-electron chi connectivity index (χ2n) is 5.44. The van der Waals surface area contributed by atoms with Gasteiger partial charge in [0.2, 0.25) is 0 Å². The summed E-state index contributed by atoms with van der Waals surface area (Å²) in [7, 11) is 0. The van der Waals surface area contributed by atoms with E-state index in [1.165, 1.54) is 11.1 Å². The average Bonchev–Trinajstić information content (AvgIpc) is 2.90. The summed E-state index contributed by atoms with van der Waals surface area (Å²) in [5.41, 5.74) is 11.0. The first-order valence-corrected chi connectivity index (χ1v) is 8.18. The van der Waals surface area contributed by atoms with Gasteiger partial charge in [0.1, 0.15) is 5.75 Å². The van der Waals surface area contributed by atoms with Crippen LogP contribution in [-0.2, 0) is 12.8 Å². The van der Waals surface area contributed by atoms with Crippen LogP contribution in [0, 0.1) is 6.92 Å². The molecule has 0 radical (unpaired) electrons. The van der Waals surface area contributed by atoms with Crippen LogP contribution in [0.25, 0.3) is 0 Å². The third-order valence-electron chi connectivity index (χ3n) is 3.89. The molecule has 4 heteroatoms. The van der Waals surface area contributed by atoms with E-state index in [-0.39, 0.29) is 6.04 Å². The van der Waals surface area contributed by atoms with Gasteiger partial charge in [0.15, 0.2) is 0 Å². The summed E-state index contributed by atoms with van der Waals surface area (Å²) < 4.78 is 6.83. The Hall–Kier alpha value is -1.03. The van der Waals surface area contributed by atoms with Crippen LogP contribution in [0.2, 0.25) is 5.02 Å². The Labute approximate surface area is 138 Å². The minimum absolute atomic E-state index is 0.0916. The highest BCUT2D eigenvalue weighted by molar-refractivity contribution is 9.10. The summed E-state index contributed by atoms with van der Waals surface area (Å²) in [6.45, 7) is 2.80. The lowest BCUT2D eigenvalue weighted by molar-refractivity contribution is 0.352. The van der Waals surface area contributed by atoms with E-state index >= 15 is 0 Å². The monoisotopic (exact) mass is 365 g/mol. The minimum atomic E-state index is -0.0916. The van der Waals surface area contributed by atoms with Crippen molar-refractivity contribution in [3.05, 3.63) is 62.1 Å². The Bertz CT molecular complexity index is 687. The van der Waals surface area contributed by atoms with Crippen molar-refractivity contribution in [1.82, 2.24) is 0 Å². The number of hydrogen-bond acceptors (Lipinski definition) is 2. The first-order valence-electron chi connectivity index (χ1n) is 7.01. The highest BCUT2D eigenvalue weighted by atomic mass is 79.9. The van der Waals surface area contributed by atoms with E-state index in [0.717, 1.165) is 39.4 Å². The quantitative estimate of drug-likeness (QED) is 0.862. The molecule has 1 atom stereocenters. The molecule has 1 heterocycles. The molecule has 1 aliphatic rings. The first-order chi connectivity index (χ1) is 10.1. The lowest BCUT2D eigenvalue weighted by Crippen LogP contribution is -2.15. The van der Waals surface area contributed by atoms with Gasteiger partial charge in [-0.25, -0.2) is 0 Å². The van der Waals surface area contributed by atoms with E-state index in [1.807, 2.05) is 18.2 Å². The number of fused-ring (bicyclic) bond motifs is 1. The van der Waals surface area contributed by atoms with E-state index in [0.29, 0.717) is 6.42 Å². The van der Waals surface area contributed by atoms with Crippen LogP contribution < -0.4 is 10.5 Å². The molecule has 0 saturated heterocycles. The summed E-state index contributed by atoms with van der Waals surface area (Å²) in [5.74, 6) is 0.971. The van der Waals surface area contributed by atoms with E-state index < -0.39 is 0 Å². The minimum Gasteiger partial charge on any atom is -0.493 e. The SMILES string of the molecule is Cc1cccc(C(N)Cc2cc(Cl)cc3c2OCC3)c1Br. The van der Waals surface area contributed by atoms with Crippen LogP contribution >= 0.6 is 27.5 Å². The number of ether oxygens (including phenoxy) is 1. The summed E-state index contributed by atoms with van der Waals surface area (Å²) in [6, 6.07) is 10.0. The number of benzene rings is 2. The van der Waals surface area contributed by atoms with Gasteiger partial charge in [0, 0.05) is 22.0 Å². The lowest BCUT2D eigenvalue weighted by atomic mass is 9.96. The van der Waals surface area contributed by atoms with Gasteiger partial charge in [-0.3, -0.25) is 0 Å². The van der Waals surface area contributed by atoms with Crippen LogP contribution in [-0.4, -0.2) is 6.61 Å². The van der Waals surface area contributed by atoms with E-state index in [1.54, 1.807) is 0 Å². The Balaban J connectivity index is 1.92. The van der Waals surface area contributed by atoms with Crippen molar-refractivity contribution >= 4 is 27.5 Å². The van der Waals surface area contributed by atoms with Crippen molar-refractivity contribution in [2.75, 3.05) is 6.61 Å². The lowest BCUT2D eigenvalue weighted by Gasteiger charge is -2.17. The van der Waals surface area contributed by atoms with Crippen molar-refractivity contribution in [3.63, 3.8) is 0 Å². The fourth-order valence-electron chi connectivity index (χ4n) is 2.80. The number of rotatable bonds is 3. The Morgan fingerprint density at radius 2 is 2.19 bits per heavy atom. The molecule has 0 fully saturated rings. The molecule has 2 nitrogen and oxygen atoms in total. The average molecular weight is 367 g/mol. The number of hydrogen-bond donors (Lipinski definition) is 1. The molecule has 2 aromatic rings. The molecular weight excluding hydrogens is 350 g/mol. The molecule has 21 heavy (non-hydrogen) atoms. The highest BCUT2D eigenvalue weighted by Gasteiger charge is 2.20. The van der Waals surface area contributed by atoms with E-state index in [2.05, 4.69) is 35.0 Å². The topological polar surface area (TPSA) is 35.2 Å². The molecule has 0 aromatic heterocycles. The molecule has 0 aliphatic carbocycles. The fraction of sp³-hybridized carbons (Fsp3) is 0.294. The maximum absolute atomic E-state index is 6.41. The molecule has 0 bridgehead atoms. The molecule has 2 aromatic carbocycles. The Morgan fingerprint density at radius 1 is 1.38 bits per heavy atom. The maximum Gasteiger partial charge on any atom is 0.125 e. The van der Waals surface area contributed by atoms with Gasteiger partial charge in [0.05, 0.1) is 6.61 Å². The zero-order chi connectivity index (χ0) is 15.0. The molecule has 110 valence electrons. The van der Waals surface area contributed by atoms with E-state index in [9.17, 15) is 0 Å². The highest BCUT2D eigenvalue weighted by Crippen LogP contribution is 2.36. The molecule has 1 unspecified atom stereocenters. The third kappa shape index (κ3) is 2.96. The standard InChI is InChI=1S/C17H17BrClNO/c1-10-3-2-4-14(16(10)18)15(20)9-12-8-13(19)7-11-5-6-21-17(11)12/h2-4,7-8,15H,5-6,9,20H2,1H3. The zero-order valence-electron chi connectivity index (χ0n) is 11.8. The van der Waals surface area contributed by atoms with Gasteiger partial charge in [-0.2, -0.15) is 0 Å². The predicted octanol–water partition coefficient (Wildman–Crippen LogP) is 4.59. The summed E-state index contributed by atoms with van der Waals surface area (Å²) in [4.78, 5) is 0. The summed E-state index contributed by atoms with van der Waals surface area (Å²) in [5, 5.41) is 0.754. The molecule has 1 aliphatic heterocycles. The Kier molecular flexibility index (Phi) is 4.25. The molecule has 0 saturated carbocycles. The van der Waals surface area contributed by atoms with Crippen molar-refractivity contribution < 1.29 is 4.74 Å². The number of aryl methyl sites for hydroxylation is 1. The van der Waals surface area contributed by atoms with E-state index in [4.69, 9.17) is 22.1 Å².